The number of hydrogen-bond acceptors (Lipinski definition) is 6. The van der Waals surface area contributed by atoms with Crippen LogP contribution in [0.4, 0.5) is 0 Å². The Kier molecular flexibility index (Phi) is 17.6. The van der Waals surface area contributed by atoms with Gasteiger partial charge in [-0.25, -0.2) is 16.8 Å². The highest BCUT2D eigenvalue weighted by molar-refractivity contribution is 7.97. The summed E-state index contributed by atoms with van der Waals surface area (Å²) in [6.07, 6.45) is 0. The largest absolute Gasteiger partial charge is 0.744 e. The highest BCUT2D eigenvalue weighted by Gasteiger charge is 2.29. The lowest BCUT2D eigenvalue weighted by molar-refractivity contribution is 0.458. The van der Waals surface area contributed by atoms with Gasteiger partial charge < -0.3 is 9.11 Å². The van der Waals surface area contributed by atoms with Crippen LogP contribution in [-0.2, 0) is 31.1 Å². The molecular formula is C49H63O6S3-. The molecular weight excluding hydrogens is 781 g/mol. The molecule has 5 rings (SSSR count). The van der Waals surface area contributed by atoms with Crippen molar-refractivity contribution < 1.29 is 25.9 Å². The van der Waals surface area contributed by atoms with Crippen LogP contribution in [0.5, 0.6) is 0 Å². The van der Waals surface area contributed by atoms with Crippen LogP contribution in [0.3, 0.4) is 0 Å². The van der Waals surface area contributed by atoms with E-state index in [1.807, 2.05) is 46.8 Å². The molecule has 6 nitrogen and oxygen atoms in total. The van der Waals surface area contributed by atoms with Gasteiger partial charge in [-0.1, -0.05) is 149 Å². The van der Waals surface area contributed by atoms with E-state index in [1.165, 1.54) is 43.5 Å². The maximum absolute atomic E-state index is 11.6. The molecule has 9 heteroatoms. The molecule has 0 spiro atoms. The van der Waals surface area contributed by atoms with Gasteiger partial charge in [0, 0.05) is 0 Å². The average Bonchev–Trinajstić information content (AvgIpc) is 3.15. The normalized spacial score (nSPS) is 12.0. The van der Waals surface area contributed by atoms with E-state index in [9.17, 15) is 25.9 Å². The van der Waals surface area contributed by atoms with Crippen molar-refractivity contribution in [2.75, 3.05) is 0 Å². The maximum atomic E-state index is 11.6. The number of hydrogen-bond donors (Lipinski definition) is 0. The third-order valence-electron chi connectivity index (χ3n) is 9.99. The van der Waals surface area contributed by atoms with Crippen molar-refractivity contribution in [1.29, 1.82) is 0 Å². The van der Waals surface area contributed by atoms with Crippen LogP contribution >= 0.6 is 0 Å². The highest BCUT2D eigenvalue weighted by Crippen LogP contribution is 2.36. The molecule has 0 aromatic heterocycles. The standard InChI is InChI=1S/C27H33S.C15H24O3S.C7H8O3S/c1-19(2)22-7-13-25(14-8-22)28(26-15-9-23(10-16-26)20(3)4)27-17-11-24(12-18-27)21(5)6;1-9(2)12-7-13(10(3)4)15(19(16,17)18)14(8-12)11(5)6;1-6-2-4-7(5-3-6)11(8,9)10/h7-21H,1-6H3;7-11H,1-6H3,(H,16,17,18);2-5H,1H3,(H,8,9,10)/q+1;;/p-2. The van der Waals surface area contributed by atoms with Crippen molar-refractivity contribution in [3.63, 3.8) is 0 Å². The molecule has 5 aromatic carbocycles. The monoisotopic (exact) mass is 843 g/mol. The van der Waals surface area contributed by atoms with Crippen molar-refractivity contribution >= 4 is 31.1 Å². The maximum Gasteiger partial charge on any atom is 0.166 e. The summed E-state index contributed by atoms with van der Waals surface area (Å²) < 4.78 is 66.0. The lowest BCUT2D eigenvalue weighted by Crippen LogP contribution is -2.11. The van der Waals surface area contributed by atoms with E-state index in [0.29, 0.717) is 34.8 Å². The minimum atomic E-state index is -4.45. The minimum absolute atomic E-state index is 0.00919. The Hall–Kier alpha value is -3.73. The lowest BCUT2D eigenvalue weighted by Gasteiger charge is -2.24. The fourth-order valence-corrected chi connectivity index (χ4v) is 9.94. The van der Waals surface area contributed by atoms with Gasteiger partial charge in [0.1, 0.15) is 20.2 Å². The molecule has 0 heterocycles. The van der Waals surface area contributed by atoms with Crippen LogP contribution in [0.25, 0.3) is 0 Å². The SMILES string of the molecule is CC(C)c1cc(C(C)C)c(S(=O)(=O)[O-])c(C(C)C)c1.CC(C)c1ccc([S+](c2ccc(C(C)C)cc2)c2ccc(C(C)C)cc2)cc1.Cc1ccc(S(=O)(=O)[O-])cc1. The molecule has 0 aliphatic rings. The van der Waals surface area contributed by atoms with Gasteiger partial charge in [0.25, 0.3) is 0 Å². The molecule has 0 N–H and O–H groups in total. The first-order valence-corrected chi connectivity index (χ1v) is 24.2. The molecule has 0 fully saturated rings. The molecule has 0 amide bonds. The topological polar surface area (TPSA) is 114 Å². The molecule has 0 bridgehead atoms. The van der Waals surface area contributed by atoms with Crippen LogP contribution in [-0.4, -0.2) is 25.9 Å². The van der Waals surface area contributed by atoms with Crippen LogP contribution in [0.2, 0.25) is 0 Å². The third-order valence-corrected chi connectivity index (χ3v) is 14.0. The number of benzene rings is 5. The Morgan fingerprint density at radius 1 is 0.397 bits per heavy atom. The van der Waals surface area contributed by atoms with E-state index in [2.05, 4.69) is 128 Å². The quantitative estimate of drug-likeness (QED) is 0.0966. The van der Waals surface area contributed by atoms with Crippen LogP contribution in [0.1, 0.15) is 158 Å². The molecule has 0 saturated heterocycles. The predicted octanol–water partition coefficient (Wildman–Crippen LogP) is 13.0. The molecule has 5 aromatic rings. The molecule has 314 valence electrons. The summed E-state index contributed by atoms with van der Waals surface area (Å²) in [6.45, 7) is 27.1. The smallest absolute Gasteiger partial charge is 0.166 e. The zero-order chi connectivity index (χ0) is 43.7. The van der Waals surface area contributed by atoms with E-state index in [-0.39, 0.29) is 32.5 Å². The van der Waals surface area contributed by atoms with E-state index in [1.54, 1.807) is 12.1 Å². The lowest BCUT2D eigenvalue weighted by atomic mass is 9.89. The Morgan fingerprint density at radius 3 is 0.914 bits per heavy atom. The van der Waals surface area contributed by atoms with E-state index in [0.717, 1.165) is 11.1 Å². The Balaban J connectivity index is 0.000000258. The van der Waals surface area contributed by atoms with Crippen molar-refractivity contribution in [2.45, 2.75) is 150 Å². The van der Waals surface area contributed by atoms with Crippen molar-refractivity contribution in [2.24, 2.45) is 0 Å². The Labute approximate surface area is 353 Å². The Morgan fingerprint density at radius 2 is 0.690 bits per heavy atom. The first-order valence-electron chi connectivity index (χ1n) is 20.1. The third kappa shape index (κ3) is 13.7. The summed E-state index contributed by atoms with van der Waals surface area (Å²) in [6, 6.07) is 37.2. The van der Waals surface area contributed by atoms with E-state index >= 15 is 0 Å². The first kappa shape index (κ1) is 48.6. The molecule has 0 saturated carbocycles. The van der Waals surface area contributed by atoms with Crippen LogP contribution in [0.15, 0.2) is 134 Å². The summed E-state index contributed by atoms with van der Waals surface area (Å²) >= 11 is 0. The fourth-order valence-electron chi connectivity index (χ4n) is 6.26. The van der Waals surface area contributed by atoms with Crippen molar-refractivity contribution in [3.8, 4) is 0 Å². The second-order valence-corrected chi connectivity index (χ2v) is 21.4. The van der Waals surface area contributed by atoms with Gasteiger partial charge in [0.05, 0.1) is 20.7 Å². The Bertz CT molecular complexity index is 2120. The second-order valence-electron chi connectivity index (χ2n) is 16.7. The summed E-state index contributed by atoms with van der Waals surface area (Å²) in [5, 5.41) is 0. The summed E-state index contributed by atoms with van der Waals surface area (Å²) in [7, 11) is -8.80. The van der Waals surface area contributed by atoms with Gasteiger partial charge in [0.15, 0.2) is 14.7 Å². The summed E-state index contributed by atoms with van der Waals surface area (Å²) in [5.41, 5.74) is 7.50. The van der Waals surface area contributed by atoms with Gasteiger partial charge in [-0.15, -0.1) is 0 Å². The van der Waals surface area contributed by atoms with Gasteiger partial charge in [-0.05, 0) is 124 Å². The van der Waals surface area contributed by atoms with Gasteiger partial charge in [-0.3, -0.25) is 0 Å². The molecule has 58 heavy (non-hydrogen) atoms. The fraction of sp³-hybridized carbons (Fsp3) is 0.388. The van der Waals surface area contributed by atoms with Gasteiger partial charge in [0.2, 0.25) is 0 Å². The van der Waals surface area contributed by atoms with Crippen LogP contribution in [0, 0.1) is 6.92 Å². The summed E-state index contributed by atoms with van der Waals surface area (Å²) in [4.78, 5) is 3.97. The molecule has 0 aliphatic carbocycles. The number of rotatable bonds is 11. The van der Waals surface area contributed by atoms with E-state index < -0.39 is 20.2 Å². The minimum Gasteiger partial charge on any atom is -0.744 e. The van der Waals surface area contributed by atoms with E-state index in [4.69, 9.17) is 0 Å². The molecule has 0 radical (unpaired) electrons. The molecule has 0 atom stereocenters. The number of aryl methyl sites for hydroxylation is 1. The van der Waals surface area contributed by atoms with Crippen LogP contribution < -0.4 is 0 Å². The summed E-state index contributed by atoms with van der Waals surface area (Å²) in [5.74, 6) is 2.01. The van der Waals surface area contributed by atoms with Gasteiger partial charge >= 0.3 is 0 Å². The van der Waals surface area contributed by atoms with Gasteiger partial charge in [-0.2, -0.15) is 0 Å². The second kappa shape index (κ2) is 21.0. The zero-order valence-electron chi connectivity index (χ0n) is 36.5. The van der Waals surface area contributed by atoms with Crippen molar-refractivity contribution in [1.82, 2.24) is 0 Å². The molecule has 0 aliphatic heterocycles. The zero-order valence-corrected chi connectivity index (χ0v) is 39.0. The average molecular weight is 844 g/mol. The first-order chi connectivity index (χ1) is 26.9. The predicted molar refractivity (Wildman–Crippen MR) is 240 cm³/mol. The molecule has 0 unspecified atom stereocenters. The van der Waals surface area contributed by atoms with Crippen molar-refractivity contribution in [3.05, 3.63) is 148 Å². The highest BCUT2D eigenvalue weighted by atomic mass is 32.2.